The summed E-state index contributed by atoms with van der Waals surface area (Å²) in [5, 5.41) is 15.4. The second-order valence-corrected chi connectivity index (χ2v) is 7.31. The van der Waals surface area contributed by atoms with E-state index in [0.717, 1.165) is 40.3 Å². The van der Waals surface area contributed by atoms with Crippen LogP contribution in [-0.2, 0) is 0 Å². The average Bonchev–Trinajstić information content (AvgIpc) is 3.05. The van der Waals surface area contributed by atoms with Crippen molar-refractivity contribution in [2.75, 3.05) is 12.4 Å². The van der Waals surface area contributed by atoms with E-state index in [1.54, 1.807) is 18.4 Å². The smallest absolute Gasteiger partial charge is 0.212 e. The van der Waals surface area contributed by atoms with Crippen LogP contribution in [0, 0.1) is 12.8 Å². The summed E-state index contributed by atoms with van der Waals surface area (Å²) in [6, 6.07) is 5.94. The molecule has 1 fully saturated rings. The molecule has 0 spiro atoms. The summed E-state index contributed by atoms with van der Waals surface area (Å²) < 4.78 is 6.21. The summed E-state index contributed by atoms with van der Waals surface area (Å²) in [6.07, 6.45) is 3.18. The van der Waals surface area contributed by atoms with Crippen LogP contribution in [0.5, 0.6) is 5.88 Å². The number of methoxy groups -OCH3 is 1. The van der Waals surface area contributed by atoms with Crippen LogP contribution in [-0.4, -0.2) is 33.3 Å². The van der Waals surface area contributed by atoms with Gasteiger partial charge in [-0.1, -0.05) is 6.07 Å². The van der Waals surface area contributed by atoms with E-state index in [9.17, 15) is 5.11 Å². The van der Waals surface area contributed by atoms with Crippen LogP contribution in [0.2, 0.25) is 0 Å². The molecule has 3 aromatic rings. The van der Waals surface area contributed by atoms with Crippen molar-refractivity contribution in [1.29, 1.82) is 0 Å². The number of aliphatic hydroxyl groups excluding tert-OH is 1. The Hall–Kier alpha value is -2.25. The van der Waals surface area contributed by atoms with Crippen LogP contribution in [0.3, 0.4) is 0 Å². The minimum absolute atomic E-state index is 0.0430. The highest BCUT2D eigenvalue weighted by Gasteiger charge is 2.35. The maximum Gasteiger partial charge on any atom is 0.212 e. The average molecular weight is 356 g/mol. The molecule has 1 atom stereocenters. The van der Waals surface area contributed by atoms with Crippen molar-refractivity contribution in [1.82, 2.24) is 15.0 Å². The number of rotatable bonds is 5. The highest BCUT2D eigenvalue weighted by atomic mass is 32.1. The number of fused-ring (bicyclic) bond motifs is 1. The lowest BCUT2D eigenvalue weighted by Crippen LogP contribution is -2.36. The molecule has 3 aromatic heterocycles. The number of hydrogen-bond donors (Lipinski definition) is 2. The van der Waals surface area contributed by atoms with E-state index in [4.69, 9.17) is 4.74 Å². The molecule has 0 saturated heterocycles. The molecule has 0 bridgehead atoms. The Morgan fingerprint density at radius 3 is 2.80 bits per heavy atom. The third kappa shape index (κ3) is 3.17. The first-order valence-electron chi connectivity index (χ1n) is 8.30. The number of aliphatic hydroxyl groups is 1. The molecular formula is C18H20N4O2S. The maximum absolute atomic E-state index is 9.76. The SMILES string of the molecule is COc1ccc([C@@H](Nc2nc(C)nc3ccsc23)C2CC(O)C2)cn1. The Kier molecular flexibility index (Phi) is 4.27. The number of pyridine rings is 1. The number of thiophene rings is 1. The van der Waals surface area contributed by atoms with E-state index in [1.807, 2.05) is 36.7 Å². The maximum atomic E-state index is 9.76. The van der Waals surface area contributed by atoms with Gasteiger partial charge in [0.2, 0.25) is 5.88 Å². The van der Waals surface area contributed by atoms with E-state index in [2.05, 4.69) is 20.3 Å². The molecule has 0 radical (unpaired) electrons. The third-order valence-corrected chi connectivity index (χ3v) is 5.57. The van der Waals surface area contributed by atoms with Gasteiger partial charge in [-0.05, 0) is 42.7 Å². The summed E-state index contributed by atoms with van der Waals surface area (Å²) in [6.45, 7) is 1.90. The van der Waals surface area contributed by atoms with Crippen molar-refractivity contribution < 1.29 is 9.84 Å². The molecule has 25 heavy (non-hydrogen) atoms. The molecule has 4 rings (SSSR count). The predicted molar refractivity (Wildman–Crippen MR) is 98.0 cm³/mol. The molecule has 7 heteroatoms. The molecule has 3 heterocycles. The van der Waals surface area contributed by atoms with Gasteiger partial charge in [-0.2, -0.15) is 0 Å². The zero-order valence-corrected chi connectivity index (χ0v) is 15.0. The first-order chi connectivity index (χ1) is 12.1. The van der Waals surface area contributed by atoms with Gasteiger partial charge in [-0.15, -0.1) is 11.3 Å². The zero-order valence-electron chi connectivity index (χ0n) is 14.1. The van der Waals surface area contributed by atoms with Crippen molar-refractivity contribution in [3.05, 3.63) is 41.2 Å². The van der Waals surface area contributed by atoms with Crippen molar-refractivity contribution in [3.8, 4) is 5.88 Å². The first-order valence-corrected chi connectivity index (χ1v) is 9.18. The molecule has 0 aromatic carbocycles. The minimum Gasteiger partial charge on any atom is -0.481 e. The molecule has 1 aliphatic carbocycles. The van der Waals surface area contributed by atoms with E-state index >= 15 is 0 Å². The van der Waals surface area contributed by atoms with Crippen LogP contribution in [0.15, 0.2) is 29.8 Å². The van der Waals surface area contributed by atoms with Crippen LogP contribution < -0.4 is 10.1 Å². The van der Waals surface area contributed by atoms with Gasteiger partial charge >= 0.3 is 0 Å². The second-order valence-electron chi connectivity index (χ2n) is 6.40. The summed E-state index contributed by atoms with van der Waals surface area (Å²) in [5.74, 6) is 2.53. The summed E-state index contributed by atoms with van der Waals surface area (Å²) >= 11 is 1.63. The van der Waals surface area contributed by atoms with Crippen LogP contribution >= 0.6 is 11.3 Å². The third-order valence-electron chi connectivity index (χ3n) is 4.66. The van der Waals surface area contributed by atoms with Gasteiger partial charge in [0.25, 0.3) is 0 Å². The van der Waals surface area contributed by atoms with Gasteiger partial charge in [-0.25, -0.2) is 15.0 Å². The molecule has 1 saturated carbocycles. The van der Waals surface area contributed by atoms with E-state index in [1.165, 1.54) is 0 Å². The number of nitrogens with one attached hydrogen (secondary N) is 1. The zero-order chi connectivity index (χ0) is 17.4. The fraction of sp³-hybridized carbons (Fsp3) is 0.389. The van der Waals surface area contributed by atoms with Crippen molar-refractivity contribution in [3.63, 3.8) is 0 Å². The molecular weight excluding hydrogens is 336 g/mol. The number of anilines is 1. The van der Waals surface area contributed by atoms with Crippen LogP contribution in [0.25, 0.3) is 10.2 Å². The molecule has 1 aliphatic rings. The van der Waals surface area contributed by atoms with Crippen molar-refractivity contribution >= 4 is 27.4 Å². The monoisotopic (exact) mass is 356 g/mol. The lowest BCUT2D eigenvalue weighted by atomic mass is 9.75. The fourth-order valence-corrected chi connectivity index (χ4v) is 4.08. The van der Waals surface area contributed by atoms with Crippen molar-refractivity contribution in [2.24, 2.45) is 5.92 Å². The lowest BCUT2D eigenvalue weighted by molar-refractivity contribution is 0.0339. The van der Waals surface area contributed by atoms with Crippen LogP contribution in [0.4, 0.5) is 5.82 Å². The van der Waals surface area contributed by atoms with Gasteiger partial charge < -0.3 is 15.2 Å². The summed E-state index contributed by atoms with van der Waals surface area (Å²) in [5.41, 5.74) is 2.03. The molecule has 2 N–H and O–H groups in total. The minimum atomic E-state index is -0.214. The fourth-order valence-electron chi connectivity index (χ4n) is 3.30. The number of hydrogen-bond acceptors (Lipinski definition) is 7. The topological polar surface area (TPSA) is 80.2 Å². The Labute approximate surface area is 149 Å². The predicted octanol–water partition coefficient (Wildman–Crippen LogP) is 3.33. The van der Waals surface area contributed by atoms with Crippen LogP contribution in [0.1, 0.15) is 30.3 Å². The van der Waals surface area contributed by atoms with E-state index in [0.29, 0.717) is 11.8 Å². The molecule has 0 unspecified atom stereocenters. The summed E-state index contributed by atoms with van der Waals surface area (Å²) in [4.78, 5) is 13.4. The van der Waals surface area contributed by atoms with Gasteiger partial charge in [0.15, 0.2) is 0 Å². The lowest BCUT2D eigenvalue weighted by Gasteiger charge is -2.38. The summed E-state index contributed by atoms with van der Waals surface area (Å²) in [7, 11) is 1.61. The Balaban J connectivity index is 1.69. The van der Waals surface area contributed by atoms with Gasteiger partial charge in [-0.3, -0.25) is 0 Å². The normalized spacial score (nSPS) is 20.9. The standard InChI is InChI=1S/C18H20N4O2S/c1-10-20-14-5-6-25-17(14)18(21-10)22-16(12-7-13(23)8-12)11-3-4-15(24-2)19-9-11/h3-6,9,12-13,16,23H,7-8H2,1-2H3,(H,20,21,22)/t12?,13?,16-/m1/s1. The Bertz CT molecular complexity index is 874. The first kappa shape index (κ1) is 16.2. The highest BCUT2D eigenvalue weighted by Crippen LogP contribution is 2.41. The Morgan fingerprint density at radius 2 is 2.12 bits per heavy atom. The molecule has 6 nitrogen and oxygen atoms in total. The molecule has 0 amide bonds. The van der Waals surface area contributed by atoms with E-state index < -0.39 is 0 Å². The number of aryl methyl sites for hydroxylation is 1. The Morgan fingerprint density at radius 1 is 1.28 bits per heavy atom. The molecule has 130 valence electrons. The number of nitrogens with zero attached hydrogens (tertiary/aromatic N) is 3. The highest BCUT2D eigenvalue weighted by molar-refractivity contribution is 7.17. The number of aromatic nitrogens is 3. The largest absolute Gasteiger partial charge is 0.481 e. The quantitative estimate of drug-likeness (QED) is 0.730. The van der Waals surface area contributed by atoms with E-state index in [-0.39, 0.29) is 12.1 Å². The number of ether oxygens (including phenoxy) is 1. The van der Waals surface area contributed by atoms with Gasteiger partial charge in [0.1, 0.15) is 11.6 Å². The molecule has 0 aliphatic heterocycles. The van der Waals surface area contributed by atoms with Gasteiger partial charge in [0.05, 0.1) is 29.5 Å². The van der Waals surface area contributed by atoms with Gasteiger partial charge in [0, 0.05) is 12.3 Å². The second kappa shape index (κ2) is 6.57. The van der Waals surface area contributed by atoms with Crippen molar-refractivity contribution in [2.45, 2.75) is 31.9 Å².